The zero-order chi connectivity index (χ0) is 22.4. The molecule has 0 aliphatic heterocycles. The Bertz CT molecular complexity index is 1160. The maximum atomic E-state index is 13.3. The van der Waals surface area contributed by atoms with Crippen LogP contribution in [-0.4, -0.2) is 37.0 Å². The lowest BCUT2D eigenvalue weighted by Gasteiger charge is -2.24. The van der Waals surface area contributed by atoms with Gasteiger partial charge in [-0.3, -0.25) is 19.1 Å². The van der Waals surface area contributed by atoms with E-state index in [1.165, 1.54) is 14.1 Å². The van der Waals surface area contributed by atoms with E-state index in [0.29, 0.717) is 25.0 Å². The number of hydrogen-bond donors (Lipinski definition) is 2. The normalized spacial score (nSPS) is 11.2. The van der Waals surface area contributed by atoms with Gasteiger partial charge in [0.25, 0.3) is 5.56 Å². The van der Waals surface area contributed by atoms with E-state index in [4.69, 9.17) is 5.73 Å². The van der Waals surface area contributed by atoms with Crippen molar-refractivity contribution >= 4 is 28.4 Å². The quantitative estimate of drug-likeness (QED) is 0.475. The minimum absolute atomic E-state index is 0.00972. The summed E-state index contributed by atoms with van der Waals surface area (Å²) in [7, 11) is 0. The van der Waals surface area contributed by atoms with Crippen molar-refractivity contribution in [3.63, 3.8) is 0 Å². The predicted molar refractivity (Wildman–Crippen MR) is 120 cm³/mol. The Kier molecular flexibility index (Phi) is 7.22. The van der Waals surface area contributed by atoms with Crippen LogP contribution in [0.1, 0.15) is 46.0 Å². The number of anilines is 2. The molecule has 0 bridgehead atoms. The highest BCUT2D eigenvalue weighted by Gasteiger charge is 2.25. The highest BCUT2D eigenvalue weighted by atomic mass is 16.2. The number of unbranched alkanes of at least 4 members (excludes halogenated alkanes) is 3. The number of nitrogens with zero attached hydrogens (tertiary/aromatic N) is 5. The maximum Gasteiger partial charge on any atom is 0.330 e. The Hall–Kier alpha value is -3.43. The van der Waals surface area contributed by atoms with Gasteiger partial charge in [-0.2, -0.15) is 0 Å². The number of hydrogen-bond acceptors (Lipinski definition) is 6. The zero-order valence-electron chi connectivity index (χ0n) is 18.0. The second-order valence-corrected chi connectivity index (χ2v) is 7.49. The zero-order valence-corrected chi connectivity index (χ0v) is 18.0. The van der Waals surface area contributed by atoms with Crippen LogP contribution in [0.25, 0.3) is 11.0 Å². The highest BCUT2D eigenvalue weighted by Crippen LogP contribution is 2.19. The van der Waals surface area contributed by atoms with Gasteiger partial charge in [-0.15, -0.1) is 5.10 Å². The second kappa shape index (κ2) is 10.1. The van der Waals surface area contributed by atoms with E-state index >= 15 is 0 Å². The lowest BCUT2D eigenvalue weighted by molar-refractivity contribution is -0.119. The Morgan fingerprint density at radius 2 is 1.87 bits per heavy atom. The topological polar surface area (TPSA) is 132 Å². The van der Waals surface area contributed by atoms with Crippen LogP contribution in [0.5, 0.6) is 0 Å². The molecule has 2 heterocycles. The number of carbonyl (C=O) groups is 1. The molecule has 0 fully saturated rings. The van der Waals surface area contributed by atoms with E-state index in [1.807, 2.05) is 31.2 Å². The fourth-order valence-electron chi connectivity index (χ4n) is 3.51. The molecule has 0 atom stereocenters. The first-order valence-corrected chi connectivity index (χ1v) is 10.7. The second-order valence-electron chi connectivity index (χ2n) is 7.49. The van der Waals surface area contributed by atoms with Gasteiger partial charge in [-0.25, -0.2) is 9.48 Å². The molecule has 0 saturated heterocycles. The van der Waals surface area contributed by atoms with Gasteiger partial charge in [0.1, 0.15) is 17.9 Å². The molecule has 3 aromatic rings. The molecule has 2 aromatic heterocycles. The first kappa shape index (κ1) is 22.3. The lowest BCUT2D eigenvalue weighted by Crippen LogP contribution is -2.43. The summed E-state index contributed by atoms with van der Waals surface area (Å²) in [6, 6.07) is 7.34. The van der Waals surface area contributed by atoms with Crippen LogP contribution in [0, 0.1) is 0 Å². The highest BCUT2D eigenvalue weighted by molar-refractivity contribution is 5.96. The number of fused-ring (bicyclic) bond motifs is 1. The van der Waals surface area contributed by atoms with E-state index in [2.05, 4.69) is 22.2 Å². The van der Waals surface area contributed by atoms with Crippen molar-refractivity contribution < 1.29 is 4.79 Å². The van der Waals surface area contributed by atoms with Gasteiger partial charge in [-0.1, -0.05) is 50.5 Å². The van der Waals surface area contributed by atoms with E-state index in [-0.39, 0.29) is 24.0 Å². The lowest BCUT2D eigenvalue weighted by atomic mass is 10.2. The van der Waals surface area contributed by atoms with Crippen molar-refractivity contribution in [2.24, 2.45) is 0 Å². The smallest absolute Gasteiger partial charge is 0.330 e. The van der Waals surface area contributed by atoms with Crippen molar-refractivity contribution in [3.8, 4) is 0 Å². The molecular formula is C21H29N7O3. The van der Waals surface area contributed by atoms with Crippen LogP contribution >= 0.6 is 0 Å². The average Bonchev–Trinajstić information content (AvgIpc) is 3.15. The van der Waals surface area contributed by atoms with E-state index in [0.717, 1.165) is 31.2 Å². The molecule has 166 valence electrons. The molecular weight excluding hydrogens is 398 g/mol. The summed E-state index contributed by atoms with van der Waals surface area (Å²) in [5.41, 5.74) is 6.43. The van der Waals surface area contributed by atoms with Gasteiger partial charge in [-0.05, 0) is 25.0 Å². The van der Waals surface area contributed by atoms with Gasteiger partial charge in [0, 0.05) is 13.1 Å². The molecule has 1 amide bonds. The molecule has 10 heteroatoms. The third-order valence-corrected chi connectivity index (χ3v) is 5.21. The largest absolute Gasteiger partial charge is 0.383 e. The average molecular weight is 428 g/mol. The predicted octanol–water partition coefficient (Wildman–Crippen LogP) is 1.89. The number of carbonyl (C=O) groups excluding carboxylic acids is 1. The molecule has 0 saturated carbocycles. The van der Waals surface area contributed by atoms with Crippen LogP contribution in [0.15, 0.2) is 33.9 Å². The molecule has 0 radical (unpaired) electrons. The summed E-state index contributed by atoms with van der Waals surface area (Å²) in [6.45, 7) is 4.64. The van der Waals surface area contributed by atoms with Crippen LogP contribution in [0.2, 0.25) is 0 Å². The van der Waals surface area contributed by atoms with E-state index < -0.39 is 11.2 Å². The summed E-state index contributed by atoms with van der Waals surface area (Å²) in [5, 5.41) is 8.15. The minimum Gasteiger partial charge on any atom is -0.383 e. The number of nitrogen functional groups attached to an aromatic ring is 1. The van der Waals surface area contributed by atoms with Crippen molar-refractivity contribution in [1.82, 2.24) is 24.5 Å². The molecule has 0 unspecified atom stereocenters. The van der Waals surface area contributed by atoms with Crippen molar-refractivity contribution in [3.05, 3.63) is 45.1 Å². The number of benzene rings is 1. The Morgan fingerprint density at radius 3 is 2.61 bits per heavy atom. The number of nitrogens with two attached hydrogens (primary N) is 1. The van der Waals surface area contributed by atoms with Crippen molar-refractivity contribution in [1.29, 1.82) is 0 Å². The summed E-state index contributed by atoms with van der Waals surface area (Å²) >= 11 is 0. The third kappa shape index (κ3) is 4.84. The van der Waals surface area contributed by atoms with Gasteiger partial charge < -0.3 is 10.6 Å². The Balaban J connectivity index is 1.99. The number of rotatable bonds is 10. The maximum absolute atomic E-state index is 13.3. The van der Waals surface area contributed by atoms with Crippen LogP contribution in [-0.2, 0) is 17.9 Å². The van der Waals surface area contributed by atoms with Crippen molar-refractivity contribution in [2.75, 3.05) is 17.2 Å². The number of amides is 1. The molecule has 10 nitrogen and oxygen atoms in total. The van der Waals surface area contributed by atoms with Crippen LogP contribution in [0.3, 0.4) is 0 Å². The molecule has 1 aromatic carbocycles. The number of H-pyrrole nitrogens is 1. The number of para-hydroxylation sites is 1. The van der Waals surface area contributed by atoms with Gasteiger partial charge in [0.05, 0.1) is 5.52 Å². The third-order valence-electron chi connectivity index (χ3n) is 5.21. The first-order valence-electron chi connectivity index (χ1n) is 10.7. The summed E-state index contributed by atoms with van der Waals surface area (Å²) in [6.07, 6.45) is 4.14. The first-order chi connectivity index (χ1) is 15.0. The Morgan fingerprint density at radius 1 is 1.13 bits per heavy atom. The number of aromatic amines is 1. The minimum atomic E-state index is -0.663. The van der Waals surface area contributed by atoms with Crippen molar-refractivity contribution in [2.45, 2.75) is 59.0 Å². The number of nitrogens with one attached hydrogen (secondary N) is 1. The fraction of sp³-hybridized carbons (Fsp3) is 0.476. The molecule has 3 rings (SSSR count). The van der Waals surface area contributed by atoms with Gasteiger partial charge in [0.2, 0.25) is 5.91 Å². The SMILES string of the molecule is CCCCCN(C(=O)Cn1nnc2ccccc21)c1c(N)n(CCCC)c(=O)[nH]c1=O. The Labute approximate surface area is 179 Å². The van der Waals surface area contributed by atoms with E-state index in [9.17, 15) is 14.4 Å². The fourth-order valence-corrected chi connectivity index (χ4v) is 3.51. The van der Waals surface area contributed by atoms with Gasteiger partial charge >= 0.3 is 5.69 Å². The van der Waals surface area contributed by atoms with Gasteiger partial charge in [0.15, 0.2) is 5.69 Å². The summed E-state index contributed by atoms with van der Waals surface area (Å²) in [4.78, 5) is 42.0. The van der Waals surface area contributed by atoms with Crippen LogP contribution in [0.4, 0.5) is 11.5 Å². The standard InChI is InChI=1S/C21H29N7O3/c1-3-5-9-13-26(17(29)14-28-16-11-8-7-10-15(16)24-25-28)18-19(22)27(12-6-4-2)21(31)23-20(18)30/h7-8,10-11H,3-6,9,12-14,22H2,1-2H3,(H,23,30,31). The van der Waals surface area contributed by atoms with E-state index in [1.54, 1.807) is 0 Å². The molecule has 3 N–H and O–H groups in total. The molecule has 31 heavy (non-hydrogen) atoms. The van der Waals surface area contributed by atoms with Crippen LogP contribution < -0.4 is 21.9 Å². The molecule has 0 spiro atoms. The molecule has 0 aliphatic rings. The monoisotopic (exact) mass is 427 g/mol. The molecule has 0 aliphatic carbocycles. The number of aromatic nitrogens is 5. The summed E-state index contributed by atoms with van der Waals surface area (Å²) in [5.74, 6) is -0.333. The summed E-state index contributed by atoms with van der Waals surface area (Å²) < 4.78 is 2.83.